The van der Waals surface area contributed by atoms with Gasteiger partial charge in [-0.15, -0.1) is 0 Å². The Balaban J connectivity index is 1.72. The van der Waals surface area contributed by atoms with Gasteiger partial charge in [0.05, 0.1) is 0 Å². The lowest BCUT2D eigenvalue weighted by Gasteiger charge is -2.19. The van der Waals surface area contributed by atoms with Crippen LogP contribution in [0.5, 0.6) is 5.75 Å². The zero-order valence-electron chi connectivity index (χ0n) is 14.6. The predicted molar refractivity (Wildman–Crippen MR) is 105 cm³/mol. The fourth-order valence-corrected chi connectivity index (χ4v) is 2.22. The van der Waals surface area contributed by atoms with E-state index >= 15 is 0 Å². The van der Waals surface area contributed by atoms with Crippen LogP contribution in [0.2, 0.25) is 0 Å². The molecule has 2 aromatic rings. The maximum Gasteiger partial charge on any atom is 0.276 e. The van der Waals surface area contributed by atoms with E-state index in [1.54, 1.807) is 0 Å². The summed E-state index contributed by atoms with van der Waals surface area (Å²) in [6.07, 6.45) is 0. The molecule has 0 bridgehead atoms. The summed E-state index contributed by atoms with van der Waals surface area (Å²) in [7, 11) is 0. The number of nitrogens with one attached hydrogen (secondary N) is 3. The third-order valence-corrected chi connectivity index (χ3v) is 3.64. The van der Waals surface area contributed by atoms with E-state index < -0.39 is 0 Å². The van der Waals surface area contributed by atoms with Crippen LogP contribution < -0.4 is 20.9 Å². The van der Waals surface area contributed by atoms with E-state index in [-0.39, 0.29) is 17.9 Å². The molecule has 0 radical (unpaired) electrons. The fraction of sp³-hybridized carbons (Fsp3) is 0.263. The van der Waals surface area contributed by atoms with Gasteiger partial charge in [0.1, 0.15) is 5.75 Å². The molecule has 0 aliphatic carbocycles. The van der Waals surface area contributed by atoms with Crippen LogP contribution >= 0.6 is 12.2 Å². The first kappa shape index (κ1) is 18.7. The molecule has 3 N–H and O–H groups in total. The van der Waals surface area contributed by atoms with Crippen molar-refractivity contribution in [2.24, 2.45) is 0 Å². The zero-order chi connectivity index (χ0) is 18.3. The Hall–Kier alpha value is -2.60. The third kappa shape index (κ3) is 6.43. The summed E-state index contributed by atoms with van der Waals surface area (Å²) < 4.78 is 5.47. The lowest BCUT2D eigenvalue weighted by molar-refractivity contribution is -0.123. The van der Waals surface area contributed by atoms with Crippen molar-refractivity contribution in [2.45, 2.75) is 26.2 Å². The third-order valence-electron chi connectivity index (χ3n) is 3.44. The molecule has 0 atom stereocenters. The van der Waals surface area contributed by atoms with Gasteiger partial charge in [-0.1, -0.05) is 51.1 Å². The standard InChI is InChI=1S/C19H23N3O2S/c1-19(2,3)14-9-11-16(12-10-14)24-13-17(23)21-22-18(25)20-15-7-5-4-6-8-15/h4-12H,13H2,1-3H3,(H,21,23)(H2,20,22,25). The van der Waals surface area contributed by atoms with Gasteiger partial charge in [0.2, 0.25) is 0 Å². The highest BCUT2D eigenvalue weighted by Crippen LogP contribution is 2.24. The first-order valence-electron chi connectivity index (χ1n) is 7.99. The number of hydrogen-bond acceptors (Lipinski definition) is 3. The van der Waals surface area contributed by atoms with Gasteiger partial charge in [-0.2, -0.15) is 0 Å². The van der Waals surface area contributed by atoms with Crippen LogP contribution in [-0.2, 0) is 10.2 Å². The Labute approximate surface area is 153 Å². The SMILES string of the molecule is CC(C)(C)c1ccc(OCC(=O)NNC(=S)Nc2ccccc2)cc1. The first-order valence-corrected chi connectivity index (χ1v) is 8.39. The molecule has 6 heteroatoms. The summed E-state index contributed by atoms with van der Waals surface area (Å²) in [6.45, 7) is 6.34. The van der Waals surface area contributed by atoms with Crippen LogP contribution in [0, 0.1) is 0 Å². The second kappa shape index (κ2) is 8.48. The molecule has 0 aromatic heterocycles. The number of anilines is 1. The molecule has 0 heterocycles. The number of thiocarbonyl (C=S) groups is 1. The summed E-state index contributed by atoms with van der Waals surface area (Å²) >= 11 is 5.10. The monoisotopic (exact) mass is 357 g/mol. The van der Waals surface area contributed by atoms with Crippen molar-refractivity contribution in [3.05, 3.63) is 60.2 Å². The smallest absolute Gasteiger partial charge is 0.276 e. The van der Waals surface area contributed by atoms with E-state index in [4.69, 9.17) is 17.0 Å². The lowest BCUT2D eigenvalue weighted by atomic mass is 9.87. The Morgan fingerprint density at radius 2 is 1.64 bits per heavy atom. The summed E-state index contributed by atoms with van der Waals surface area (Å²) in [6, 6.07) is 17.2. The van der Waals surface area contributed by atoms with Gasteiger partial charge in [0, 0.05) is 5.69 Å². The largest absolute Gasteiger partial charge is 0.484 e. The minimum Gasteiger partial charge on any atom is -0.484 e. The molecular weight excluding hydrogens is 334 g/mol. The highest BCUT2D eigenvalue weighted by Gasteiger charge is 2.13. The minimum absolute atomic E-state index is 0.0846. The lowest BCUT2D eigenvalue weighted by Crippen LogP contribution is -2.45. The average Bonchev–Trinajstić information content (AvgIpc) is 2.58. The van der Waals surface area contributed by atoms with Crippen molar-refractivity contribution < 1.29 is 9.53 Å². The number of hydrogen-bond donors (Lipinski definition) is 3. The number of ether oxygens (including phenoxy) is 1. The van der Waals surface area contributed by atoms with Crippen molar-refractivity contribution >= 4 is 28.9 Å². The van der Waals surface area contributed by atoms with Crippen molar-refractivity contribution in [1.82, 2.24) is 10.9 Å². The molecule has 2 rings (SSSR count). The van der Waals surface area contributed by atoms with Crippen LogP contribution in [-0.4, -0.2) is 17.6 Å². The molecule has 2 aromatic carbocycles. The van der Waals surface area contributed by atoms with Crippen LogP contribution in [0.1, 0.15) is 26.3 Å². The first-order chi connectivity index (χ1) is 11.8. The topological polar surface area (TPSA) is 62.4 Å². The second-order valence-electron chi connectivity index (χ2n) is 6.56. The number of carbonyl (C=O) groups excluding carboxylic acids is 1. The van der Waals surface area contributed by atoms with E-state index in [2.05, 4.69) is 36.9 Å². The van der Waals surface area contributed by atoms with Gasteiger partial charge < -0.3 is 10.1 Å². The molecule has 0 fully saturated rings. The molecule has 0 spiro atoms. The molecular formula is C19H23N3O2S. The number of hydrazine groups is 1. The quantitative estimate of drug-likeness (QED) is 0.578. The van der Waals surface area contributed by atoms with E-state index in [0.29, 0.717) is 10.9 Å². The van der Waals surface area contributed by atoms with Crippen LogP contribution in [0.15, 0.2) is 54.6 Å². The van der Waals surface area contributed by atoms with Gasteiger partial charge >= 0.3 is 0 Å². The van der Waals surface area contributed by atoms with E-state index in [1.165, 1.54) is 5.56 Å². The van der Waals surface area contributed by atoms with E-state index in [0.717, 1.165) is 5.69 Å². The highest BCUT2D eigenvalue weighted by molar-refractivity contribution is 7.80. The average molecular weight is 357 g/mol. The van der Waals surface area contributed by atoms with Crippen LogP contribution in [0.25, 0.3) is 0 Å². The van der Waals surface area contributed by atoms with Crippen molar-refractivity contribution in [3.63, 3.8) is 0 Å². The molecule has 132 valence electrons. The molecule has 1 amide bonds. The zero-order valence-corrected chi connectivity index (χ0v) is 15.4. The van der Waals surface area contributed by atoms with Gasteiger partial charge in [-0.05, 0) is 47.5 Å². The molecule has 5 nitrogen and oxygen atoms in total. The van der Waals surface area contributed by atoms with Crippen molar-refractivity contribution in [2.75, 3.05) is 11.9 Å². The number of rotatable bonds is 4. The Kier molecular flexibility index (Phi) is 6.36. The van der Waals surface area contributed by atoms with Gasteiger partial charge in [-0.25, -0.2) is 0 Å². The summed E-state index contributed by atoms with van der Waals surface area (Å²) in [5.41, 5.74) is 7.26. The Morgan fingerprint density at radius 1 is 1.00 bits per heavy atom. The molecule has 0 aliphatic heterocycles. The van der Waals surface area contributed by atoms with Gasteiger partial charge in [0.25, 0.3) is 5.91 Å². The molecule has 0 saturated heterocycles. The van der Waals surface area contributed by atoms with Gasteiger partial charge in [0.15, 0.2) is 11.7 Å². The molecule has 0 aliphatic rings. The Bertz CT molecular complexity index is 710. The summed E-state index contributed by atoms with van der Waals surface area (Å²) in [5, 5.41) is 3.26. The minimum atomic E-state index is -0.322. The predicted octanol–water partition coefficient (Wildman–Crippen LogP) is 3.38. The summed E-state index contributed by atoms with van der Waals surface area (Å²) in [5.74, 6) is 0.324. The highest BCUT2D eigenvalue weighted by atomic mass is 32.1. The number of para-hydroxylation sites is 1. The molecule has 0 unspecified atom stereocenters. The fourth-order valence-electron chi connectivity index (χ4n) is 2.05. The normalized spacial score (nSPS) is 10.7. The number of carbonyl (C=O) groups is 1. The molecule has 0 saturated carbocycles. The van der Waals surface area contributed by atoms with Gasteiger partial charge in [-0.3, -0.25) is 15.6 Å². The summed E-state index contributed by atoms with van der Waals surface area (Å²) in [4.78, 5) is 11.8. The second-order valence-corrected chi connectivity index (χ2v) is 6.96. The number of benzene rings is 2. The van der Waals surface area contributed by atoms with Crippen molar-refractivity contribution in [3.8, 4) is 5.75 Å². The maximum atomic E-state index is 11.8. The van der Waals surface area contributed by atoms with Crippen molar-refractivity contribution in [1.29, 1.82) is 0 Å². The van der Waals surface area contributed by atoms with E-state index in [9.17, 15) is 4.79 Å². The Morgan fingerprint density at radius 3 is 2.24 bits per heavy atom. The maximum absolute atomic E-state index is 11.8. The molecule has 25 heavy (non-hydrogen) atoms. The van der Waals surface area contributed by atoms with Crippen LogP contribution in [0.3, 0.4) is 0 Å². The van der Waals surface area contributed by atoms with Crippen LogP contribution in [0.4, 0.5) is 5.69 Å². The van der Waals surface area contributed by atoms with E-state index in [1.807, 2.05) is 54.6 Å². The number of amides is 1.